The largest absolute Gasteiger partial charge is 0.416 e. The highest BCUT2D eigenvalue weighted by Gasteiger charge is 2.36. The molecule has 3 nitrogen and oxygen atoms in total. The van der Waals surface area contributed by atoms with E-state index in [-0.39, 0.29) is 11.9 Å². The molecule has 0 aromatic heterocycles. The Bertz CT molecular complexity index is 511. The summed E-state index contributed by atoms with van der Waals surface area (Å²) in [5.74, 6) is 0.143. The fourth-order valence-corrected chi connectivity index (χ4v) is 2.76. The number of hydrogen-bond donors (Lipinski definition) is 1. The van der Waals surface area contributed by atoms with Crippen LogP contribution in [0.2, 0.25) is 0 Å². The number of benzene rings is 1. The number of nitrogens with zero attached hydrogens (tertiary/aromatic N) is 1. The molecule has 3 atom stereocenters. The van der Waals surface area contributed by atoms with Crippen molar-refractivity contribution in [1.29, 1.82) is 0 Å². The summed E-state index contributed by atoms with van der Waals surface area (Å²) >= 11 is 0. The Labute approximate surface area is 121 Å². The van der Waals surface area contributed by atoms with E-state index < -0.39 is 17.8 Å². The lowest BCUT2D eigenvalue weighted by Gasteiger charge is -2.26. The summed E-state index contributed by atoms with van der Waals surface area (Å²) in [6.07, 6.45) is -3.60. The second-order valence-electron chi connectivity index (χ2n) is 5.76. The first-order chi connectivity index (χ1) is 9.70. The van der Waals surface area contributed by atoms with E-state index in [0.717, 1.165) is 24.1 Å². The maximum atomic E-state index is 12.6. The Balaban J connectivity index is 2.25. The van der Waals surface area contributed by atoms with Gasteiger partial charge in [-0.1, -0.05) is 19.1 Å². The lowest BCUT2D eigenvalue weighted by Crippen LogP contribution is -2.41. The topological polar surface area (TPSA) is 46.3 Å². The monoisotopic (exact) mass is 300 g/mol. The van der Waals surface area contributed by atoms with Crippen molar-refractivity contribution in [2.75, 3.05) is 6.54 Å². The van der Waals surface area contributed by atoms with Gasteiger partial charge in [0.25, 0.3) is 0 Å². The first-order valence-corrected chi connectivity index (χ1v) is 6.93. The van der Waals surface area contributed by atoms with Crippen molar-refractivity contribution in [3.63, 3.8) is 0 Å². The van der Waals surface area contributed by atoms with Crippen LogP contribution in [-0.2, 0) is 11.0 Å². The van der Waals surface area contributed by atoms with Gasteiger partial charge in [-0.3, -0.25) is 4.79 Å². The molecule has 1 aliphatic heterocycles. The number of carbonyl (C=O) groups is 1. The molecule has 6 heteroatoms. The van der Waals surface area contributed by atoms with Crippen LogP contribution < -0.4 is 5.73 Å². The number of hydrogen-bond acceptors (Lipinski definition) is 2. The quantitative estimate of drug-likeness (QED) is 0.912. The molecule has 0 radical (unpaired) electrons. The number of rotatable bonds is 2. The minimum absolute atomic E-state index is 0.163. The number of amides is 1. The summed E-state index contributed by atoms with van der Waals surface area (Å²) in [6, 6.07) is 4.23. The van der Waals surface area contributed by atoms with E-state index in [4.69, 9.17) is 5.73 Å². The first kappa shape index (κ1) is 15.8. The Morgan fingerprint density at radius 3 is 2.38 bits per heavy atom. The smallest absolute Gasteiger partial charge is 0.334 e. The van der Waals surface area contributed by atoms with Crippen molar-refractivity contribution in [1.82, 2.24) is 4.90 Å². The van der Waals surface area contributed by atoms with Gasteiger partial charge in [-0.15, -0.1) is 0 Å². The van der Waals surface area contributed by atoms with E-state index in [1.807, 2.05) is 6.92 Å². The Hall–Kier alpha value is -1.56. The van der Waals surface area contributed by atoms with E-state index in [9.17, 15) is 18.0 Å². The fraction of sp³-hybridized carbons (Fsp3) is 0.533. The lowest BCUT2D eigenvalue weighted by atomic mass is 9.99. The van der Waals surface area contributed by atoms with Gasteiger partial charge in [0.15, 0.2) is 0 Å². The molecule has 1 fully saturated rings. The van der Waals surface area contributed by atoms with Crippen molar-refractivity contribution < 1.29 is 18.0 Å². The zero-order valence-electron chi connectivity index (χ0n) is 12.0. The Morgan fingerprint density at radius 1 is 1.33 bits per heavy atom. The Kier molecular flexibility index (Phi) is 4.27. The van der Waals surface area contributed by atoms with Crippen molar-refractivity contribution in [2.24, 2.45) is 11.7 Å². The summed E-state index contributed by atoms with van der Waals surface area (Å²) < 4.78 is 37.8. The third-order valence-corrected chi connectivity index (χ3v) is 3.81. The summed E-state index contributed by atoms with van der Waals surface area (Å²) in [4.78, 5) is 13.8. The highest BCUT2D eigenvalue weighted by molar-refractivity contribution is 5.82. The molecule has 2 N–H and O–H groups in total. The van der Waals surface area contributed by atoms with Crippen LogP contribution in [0, 0.1) is 5.92 Å². The average Bonchev–Trinajstić information content (AvgIpc) is 2.79. The molecule has 0 spiro atoms. The normalized spacial score (nSPS) is 24.2. The highest BCUT2D eigenvalue weighted by atomic mass is 19.4. The maximum Gasteiger partial charge on any atom is 0.416 e. The van der Waals surface area contributed by atoms with Crippen molar-refractivity contribution in [2.45, 2.75) is 38.5 Å². The molecular weight excluding hydrogens is 281 g/mol. The van der Waals surface area contributed by atoms with Crippen molar-refractivity contribution in [3.05, 3.63) is 35.4 Å². The minimum Gasteiger partial charge on any atom is -0.334 e. The van der Waals surface area contributed by atoms with Crippen LogP contribution in [0.25, 0.3) is 0 Å². The number of halogens is 3. The Morgan fingerprint density at radius 2 is 1.90 bits per heavy atom. The van der Waals surface area contributed by atoms with Crippen LogP contribution in [0.4, 0.5) is 13.2 Å². The van der Waals surface area contributed by atoms with Gasteiger partial charge in [-0.05, 0) is 37.0 Å². The van der Waals surface area contributed by atoms with Crippen LogP contribution in [0.5, 0.6) is 0 Å². The predicted molar refractivity (Wildman–Crippen MR) is 73.3 cm³/mol. The molecule has 0 unspecified atom stereocenters. The highest BCUT2D eigenvalue weighted by Crippen LogP contribution is 2.37. The van der Waals surface area contributed by atoms with Gasteiger partial charge in [-0.2, -0.15) is 13.2 Å². The molecule has 21 heavy (non-hydrogen) atoms. The third kappa shape index (κ3) is 3.37. The van der Waals surface area contributed by atoms with E-state index >= 15 is 0 Å². The summed E-state index contributed by atoms with van der Waals surface area (Å²) in [5, 5.41) is 0. The molecule has 0 bridgehead atoms. The van der Waals surface area contributed by atoms with Crippen LogP contribution in [-0.4, -0.2) is 23.4 Å². The van der Waals surface area contributed by atoms with Crippen LogP contribution >= 0.6 is 0 Å². The molecule has 2 rings (SSSR count). The van der Waals surface area contributed by atoms with Gasteiger partial charge in [-0.25, -0.2) is 0 Å². The van der Waals surface area contributed by atoms with E-state index in [2.05, 4.69) is 0 Å². The molecule has 1 amide bonds. The zero-order chi connectivity index (χ0) is 15.8. The van der Waals surface area contributed by atoms with Gasteiger partial charge in [0, 0.05) is 6.54 Å². The molecular formula is C15H19F3N2O. The van der Waals surface area contributed by atoms with Gasteiger partial charge < -0.3 is 10.6 Å². The first-order valence-electron chi connectivity index (χ1n) is 6.93. The third-order valence-electron chi connectivity index (χ3n) is 3.81. The fourth-order valence-electron chi connectivity index (χ4n) is 2.76. The maximum absolute atomic E-state index is 12.6. The second-order valence-corrected chi connectivity index (χ2v) is 5.76. The molecule has 1 heterocycles. The molecule has 1 aliphatic rings. The van der Waals surface area contributed by atoms with Gasteiger partial charge >= 0.3 is 6.18 Å². The minimum atomic E-state index is -4.34. The molecule has 1 saturated heterocycles. The van der Waals surface area contributed by atoms with Crippen LogP contribution in [0.3, 0.4) is 0 Å². The zero-order valence-corrected chi connectivity index (χ0v) is 12.0. The molecule has 1 aromatic carbocycles. The van der Waals surface area contributed by atoms with E-state index in [1.54, 1.807) is 11.8 Å². The van der Waals surface area contributed by atoms with Crippen LogP contribution in [0.15, 0.2) is 24.3 Å². The van der Waals surface area contributed by atoms with Crippen molar-refractivity contribution in [3.8, 4) is 0 Å². The summed E-state index contributed by atoms with van der Waals surface area (Å²) in [5.41, 5.74) is 5.69. The van der Waals surface area contributed by atoms with E-state index in [1.165, 1.54) is 12.1 Å². The van der Waals surface area contributed by atoms with Gasteiger partial charge in [0.05, 0.1) is 17.6 Å². The molecule has 0 saturated carbocycles. The van der Waals surface area contributed by atoms with Crippen molar-refractivity contribution >= 4 is 5.91 Å². The van der Waals surface area contributed by atoms with E-state index in [0.29, 0.717) is 12.5 Å². The number of nitrogens with two attached hydrogens (primary N) is 1. The second kappa shape index (κ2) is 5.67. The summed E-state index contributed by atoms with van der Waals surface area (Å²) in [6.45, 7) is 4.23. The van der Waals surface area contributed by atoms with Gasteiger partial charge in [0.1, 0.15) is 0 Å². The average molecular weight is 300 g/mol. The predicted octanol–water partition coefficient (Wildman–Crippen LogP) is 2.96. The summed E-state index contributed by atoms with van der Waals surface area (Å²) in [7, 11) is 0. The molecule has 116 valence electrons. The van der Waals surface area contributed by atoms with Crippen LogP contribution in [0.1, 0.15) is 37.4 Å². The standard InChI is InChI=1S/C15H19F3N2O/c1-9-7-13(20(8-9)14(21)10(2)19)11-3-5-12(6-4-11)15(16,17)18/h3-6,9-10,13H,7-8,19H2,1-2H3/t9-,10-,13+/m1/s1. The molecule has 0 aliphatic carbocycles. The lowest BCUT2D eigenvalue weighted by molar-refractivity contribution is -0.137. The van der Waals surface area contributed by atoms with Gasteiger partial charge in [0.2, 0.25) is 5.91 Å². The molecule has 1 aromatic rings. The number of likely N-dealkylation sites (tertiary alicyclic amines) is 1. The number of alkyl halides is 3. The SMILES string of the molecule is C[C@@H]1C[C@@H](c2ccc(C(F)(F)F)cc2)N(C(=O)[C@@H](C)N)C1. The number of carbonyl (C=O) groups excluding carboxylic acids is 1.